The van der Waals surface area contributed by atoms with Crippen molar-refractivity contribution in [1.29, 1.82) is 0 Å². The van der Waals surface area contributed by atoms with Crippen LogP contribution in [-0.4, -0.2) is 16.1 Å². The van der Waals surface area contributed by atoms with Gasteiger partial charge in [0.15, 0.2) is 5.75 Å². The Morgan fingerprint density at radius 3 is 2.52 bits per heavy atom. The van der Waals surface area contributed by atoms with E-state index in [0.717, 1.165) is 27.8 Å². The van der Waals surface area contributed by atoms with Crippen LogP contribution in [0.5, 0.6) is 11.5 Å². The van der Waals surface area contributed by atoms with E-state index in [1.165, 1.54) is 19.1 Å². The van der Waals surface area contributed by atoms with Crippen LogP contribution in [0.1, 0.15) is 41.6 Å². The number of amides is 1. The summed E-state index contributed by atoms with van der Waals surface area (Å²) in [6.07, 6.45) is 1.26. The Hall–Kier alpha value is -2.82. The summed E-state index contributed by atoms with van der Waals surface area (Å²) in [5, 5.41) is 22.9. The van der Waals surface area contributed by atoms with Crippen molar-refractivity contribution in [3.8, 4) is 22.6 Å². The summed E-state index contributed by atoms with van der Waals surface area (Å²) in [5.41, 5.74) is 4.63. The molecule has 0 bridgehead atoms. The van der Waals surface area contributed by atoms with Crippen LogP contribution >= 0.6 is 0 Å². The Balaban J connectivity index is 2.38. The number of fused-ring (bicyclic) bond motifs is 3. The number of aryl methyl sites for hydroxylation is 1. The van der Waals surface area contributed by atoms with Crippen molar-refractivity contribution in [2.45, 2.75) is 39.7 Å². The maximum absolute atomic E-state index is 12.1. The van der Waals surface area contributed by atoms with E-state index in [-0.39, 0.29) is 23.4 Å². The molecule has 3 N–H and O–H groups in total. The average Bonchev–Trinajstić information content (AvgIpc) is 2.77. The van der Waals surface area contributed by atoms with Crippen molar-refractivity contribution in [2.24, 2.45) is 0 Å². The van der Waals surface area contributed by atoms with Gasteiger partial charge in [-0.2, -0.15) is 0 Å². The van der Waals surface area contributed by atoms with E-state index in [1.807, 2.05) is 13.8 Å². The molecule has 0 heterocycles. The van der Waals surface area contributed by atoms with Gasteiger partial charge in [-0.3, -0.25) is 9.59 Å². The van der Waals surface area contributed by atoms with Gasteiger partial charge in [-0.1, -0.05) is 6.07 Å². The number of hydrogen-bond donors (Lipinski definition) is 3. The summed E-state index contributed by atoms with van der Waals surface area (Å²) in [4.78, 5) is 23.8. The molecule has 1 unspecified atom stereocenters. The van der Waals surface area contributed by atoms with Crippen LogP contribution < -0.4 is 10.7 Å². The first-order valence-corrected chi connectivity index (χ1v) is 8.26. The topological polar surface area (TPSA) is 86.6 Å². The van der Waals surface area contributed by atoms with Gasteiger partial charge in [-0.05, 0) is 78.3 Å². The number of phenolic OH excluding ortho intramolecular Hbond substituents is 1. The quantitative estimate of drug-likeness (QED) is 0.746. The van der Waals surface area contributed by atoms with Crippen molar-refractivity contribution in [3.63, 3.8) is 0 Å². The third-order valence-corrected chi connectivity index (χ3v) is 4.94. The minimum absolute atomic E-state index is 0.180. The van der Waals surface area contributed by atoms with E-state index < -0.39 is 5.43 Å². The maximum Gasteiger partial charge on any atom is 0.220 e. The zero-order valence-electron chi connectivity index (χ0n) is 14.5. The molecule has 1 amide bonds. The molecule has 0 aliphatic heterocycles. The first-order chi connectivity index (χ1) is 11.8. The van der Waals surface area contributed by atoms with Gasteiger partial charge < -0.3 is 15.5 Å². The average molecular weight is 339 g/mol. The fourth-order valence-electron chi connectivity index (χ4n) is 3.54. The van der Waals surface area contributed by atoms with Gasteiger partial charge in [0.2, 0.25) is 11.3 Å². The molecule has 5 nitrogen and oxygen atoms in total. The Morgan fingerprint density at radius 1 is 1.12 bits per heavy atom. The van der Waals surface area contributed by atoms with Crippen molar-refractivity contribution < 1.29 is 15.0 Å². The molecule has 1 atom stereocenters. The normalized spacial score (nSPS) is 15.7. The minimum Gasteiger partial charge on any atom is -0.508 e. The molecule has 0 saturated heterocycles. The van der Waals surface area contributed by atoms with Crippen LogP contribution in [0.2, 0.25) is 0 Å². The highest BCUT2D eigenvalue weighted by Gasteiger charge is 2.25. The Morgan fingerprint density at radius 2 is 1.84 bits per heavy atom. The molecule has 2 aromatic rings. The number of nitrogens with one attached hydrogen (secondary N) is 1. The van der Waals surface area contributed by atoms with E-state index in [2.05, 4.69) is 5.32 Å². The van der Waals surface area contributed by atoms with Gasteiger partial charge in [0.1, 0.15) is 5.75 Å². The Kier molecular flexibility index (Phi) is 4.25. The van der Waals surface area contributed by atoms with Gasteiger partial charge in [-0.25, -0.2) is 0 Å². The number of carbonyl (C=O) groups is 1. The molecule has 0 fully saturated rings. The van der Waals surface area contributed by atoms with E-state index in [4.69, 9.17) is 0 Å². The van der Waals surface area contributed by atoms with Gasteiger partial charge in [-0.15, -0.1) is 0 Å². The maximum atomic E-state index is 12.1. The fourth-order valence-corrected chi connectivity index (χ4v) is 3.54. The van der Waals surface area contributed by atoms with Crippen LogP contribution in [0.3, 0.4) is 0 Å². The molecule has 1 aliphatic rings. The molecular weight excluding hydrogens is 318 g/mol. The standard InChI is InChI=1S/C20H21NO4/c1-10-11(2)20-13(8-18(10)24)4-6-16(21-12(3)22)15-9-19(25)17(23)7-5-14(15)20/h5,7-9,16,24H,4,6H2,1-3H3,(H,21,22)(H,23,25). The zero-order chi connectivity index (χ0) is 18.3. The predicted molar refractivity (Wildman–Crippen MR) is 95.8 cm³/mol. The van der Waals surface area contributed by atoms with Gasteiger partial charge in [0.05, 0.1) is 6.04 Å². The molecule has 25 heavy (non-hydrogen) atoms. The lowest BCUT2D eigenvalue weighted by molar-refractivity contribution is -0.119. The molecule has 0 aromatic heterocycles. The summed E-state index contributed by atoms with van der Waals surface area (Å²) in [5.74, 6) is -0.270. The smallest absolute Gasteiger partial charge is 0.220 e. The van der Waals surface area contributed by atoms with Crippen molar-refractivity contribution in [2.75, 3.05) is 0 Å². The zero-order valence-corrected chi connectivity index (χ0v) is 14.5. The molecule has 5 heteroatoms. The number of benzene rings is 1. The number of phenols is 1. The van der Waals surface area contributed by atoms with E-state index in [9.17, 15) is 19.8 Å². The van der Waals surface area contributed by atoms with Gasteiger partial charge in [0, 0.05) is 6.92 Å². The molecule has 3 rings (SSSR count). The summed E-state index contributed by atoms with van der Waals surface area (Å²) < 4.78 is 0. The van der Waals surface area contributed by atoms with Gasteiger partial charge >= 0.3 is 0 Å². The van der Waals surface area contributed by atoms with E-state index >= 15 is 0 Å². The van der Waals surface area contributed by atoms with Crippen molar-refractivity contribution in [1.82, 2.24) is 5.32 Å². The number of hydrogen-bond acceptors (Lipinski definition) is 4. The Bertz CT molecular complexity index is 934. The lowest BCUT2D eigenvalue weighted by Crippen LogP contribution is -2.26. The predicted octanol–water partition coefficient (Wildman–Crippen LogP) is 2.87. The highest BCUT2D eigenvalue weighted by atomic mass is 16.3. The van der Waals surface area contributed by atoms with Gasteiger partial charge in [0.25, 0.3) is 0 Å². The lowest BCUT2D eigenvalue weighted by Gasteiger charge is -2.18. The molecule has 130 valence electrons. The van der Waals surface area contributed by atoms with Crippen molar-refractivity contribution in [3.05, 3.63) is 56.7 Å². The first kappa shape index (κ1) is 17.0. The molecular formula is C20H21NO4. The number of aromatic hydroxyl groups is 2. The molecule has 1 aliphatic carbocycles. The Labute approximate surface area is 146 Å². The molecule has 0 spiro atoms. The molecule has 2 aromatic carbocycles. The number of rotatable bonds is 1. The number of carbonyl (C=O) groups excluding carboxylic acids is 1. The lowest BCUT2D eigenvalue weighted by atomic mass is 9.90. The largest absolute Gasteiger partial charge is 0.508 e. The second-order valence-electron chi connectivity index (χ2n) is 6.57. The summed E-state index contributed by atoms with van der Waals surface area (Å²) in [6, 6.07) is 5.93. The van der Waals surface area contributed by atoms with Crippen LogP contribution in [-0.2, 0) is 11.2 Å². The summed E-state index contributed by atoms with van der Waals surface area (Å²) in [6.45, 7) is 5.22. The second-order valence-corrected chi connectivity index (χ2v) is 6.57. The second kappa shape index (κ2) is 6.24. The molecule has 0 saturated carbocycles. The van der Waals surface area contributed by atoms with Crippen LogP contribution in [0.25, 0.3) is 11.1 Å². The van der Waals surface area contributed by atoms with Crippen LogP contribution in [0.15, 0.2) is 29.1 Å². The third-order valence-electron chi connectivity index (χ3n) is 4.94. The van der Waals surface area contributed by atoms with Crippen LogP contribution in [0, 0.1) is 13.8 Å². The third kappa shape index (κ3) is 2.97. The monoisotopic (exact) mass is 339 g/mol. The minimum atomic E-state index is -0.479. The fraction of sp³-hybridized carbons (Fsp3) is 0.300. The van der Waals surface area contributed by atoms with E-state index in [1.54, 1.807) is 12.1 Å². The SMILES string of the molecule is CC(=O)NC1CCc2cc(O)c(C)c(C)c2-c2ccc(O)c(=O)cc21. The highest BCUT2D eigenvalue weighted by Crippen LogP contribution is 2.41. The first-order valence-electron chi connectivity index (χ1n) is 8.26. The summed E-state index contributed by atoms with van der Waals surface area (Å²) >= 11 is 0. The van der Waals surface area contributed by atoms with Crippen LogP contribution in [0.4, 0.5) is 0 Å². The molecule has 0 radical (unpaired) electrons. The highest BCUT2D eigenvalue weighted by molar-refractivity contribution is 5.79. The van der Waals surface area contributed by atoms with E-state index in [0.29, 0.717) is 18.4 Å². The summed E-state index contributed by atoms with van der Waals surface area (Å²) in [7, 11) is 0. The van der Waals surface area contributed by atoms with Crippen molar-refractivity contribution >= 4 is 5.91 Å².